The third-order valence-corrected chi connectivity index (χ3v) is 1.96. The fourth-order valence-electron chi connectivity index (χ4n) is 1.14. The Labute approximate surface area is 85.8 Å². The summed E-state index contributed by atoms with van der Waals surface area (Å²) in [5, 5.41) is 7.97. The predicted octanol–water partition coefficient (Wildman–Crippen LogP) is 1.23. The molecule has 2 aromatic rings. The van der Waals surface area contributed by atoms with Gasteiger partial charge in [0.15, 0.2) is 5.82 Å². The second-order valence-corrected chi connectivity index (χ2v) is 3.29. The number of nitrogens with zero attached hydrogens (tertiary/aromatic N) is 5. The lowest BCUT2D eigenvalue weighted by molar-refractivity contribution is 0.717. The molecule has 0 radical (unpaired) electrons. The molecule has 5 nitrogen and oxygen atoms in total. The van der Waals surface area contributed by atoms with Crippen molar-refractivity contribution in [1.82, 2.24) is 25.0 Å². The summed E-state index contributed by atoms with van der Waals surface area (Å²) >= 11 is 5.82. The fourth-order valence-corrected chi connectivity index (χ4v) is 1.37. The number of rotatable bonds is 1. The van der Waals surface area contributed by atoms with E-state index < -0.39 is 0 Å². The van der Waals surface area contributed by atoms with Crippen molar-refractivity contribution in [2.45, 2.75) is 6.92 Å². The van der Waals surface area contributed by atoms with Crippen molar-refractivity contribution in [3.63, 3.8) is 0 Å². The monoisotopic (exact) mass is 209 g/mol. The van der Waals surface area contributed by atoms with Gasteiger partial charge < -0.3 is 0 Å². The van der Waals surface area contributed by atoms with E-state index in [1.807, 2.05) is 6.92 Å². The van der Waals surface area contributed by atoms with Crippen LogP contribution in [0, 0.1) is 6.92 Å². The highest BCUT2D eigenvalue weighted by Gasteiger charge is 2.08. The van der Waals surface area contributed by atoms with Crippen molar-refractivity contribution >= 4 is 11.6 Å². The molecule has 0 fully saturated rings. The van der Waals surface area contributed by atoms with Crippen LogP contribution in [0.15, 0.2) is 12.3 Å². The highest BCUT2D eigenvalue weighted by atomic mass is 35.5. The van der Waals surface area contributed by atoms with Gasteiger partial charge in [-0.3, -0.25) is 0 Å². The summed E-state index contributed by atoms with van der Waals surface area (Å²) in [6, 6.07) is 1.70. The summed E-state index contributed by atoms with van der Waals surface area (Å²) in [6.07, 6.45) is 1.60. The highest BCUT2D eigenvalue weighted by Crippen LogP contribution is 2.15. The second-order valence-electron chi connectivity index (χ2n) is 2.90. The zero-order chi connectivity index (χ0) is 10.1. The Morgan fingerprint density at radius 2 is 2.14 bits per heavy atom. The van der Waals surface area contributed by atoms with E-state index in [0.717, 1.165) is 11.4 Å². The lowest BCUT2D eigenvalue weighted by atomic mass is 10.4. The molecule has 0 bridgehead atoms. The van der Waals surface area contributed by atoms with Crippen LogP contribution >= 0.6 is 11.6 Å². The Balaban J connectivity index is 2.57. The smallest absolute Gasteiger partial charge is 0.181 e. The van der Waals surface area contributed by atoms with Gasteiger partial charge >= 0.3 is 0 Å². The number of hydrogen-bond donors (Lipinski definition) is 0. The van der Waals surface area contributed by atoms with Gasteiger partial charge in [-0.15, -0.1) is 5.10 Å². The van der Waals surface area contributed by atoms with Gasteiger partial charge in [0, 0.05) is 12.7 Å². The summed E-state index contributed by atoms with van der Waals surface area (Å²) < 4.78 is 1.60. The zero-order valence-corrected chi connectivity index (χ0v) is 8.52. The van der Waals surface area contributed by atoms with Crippen molar-refractivity contribution in [3.05, 3.63) is 23.1 Å². The fraction of sp³-hybridized carbons (Fsp3) is 0.250. The molecule has 14 heavy (non-hydrogen) atoms. The minimum absolute atomic E-state index is 0.425. The van der Waals surface area contributed by atoms with E-state index in [2.05, 4.69) is 20.3 Å². The van der Waals surface area contributed by atoms with Crippen molar-refractivity contribution in [2.75, 3.05) is 0 Å². The van der Waals surface area contributed by atoms with Gasteiger partial charge in [0.1, 0.15) is 10.8 Å². The SMILES string of the molecule is Cc1cc(Cl)nc(-c2cnnn2C)n1. The average molecular weight is 210 g/mol. The molecule has 0 aliphatic carbocycles. The van der Waals surface area contributed by atoms with Crippen LogP contribution < -0.4 is 0 Å². The quantitative estimate of drug-likeness (QED) is 0.663. The van der Waals surface area contributed by atoms with E-state index in [1.54, 1.807) is 24.0 Å². The lowest BCUT2D eigenvalue weighted by Crippen LogP contribution is -1.99. The number of halogens is 1. The maximum Gasteiger partial charge on any atom is 0.181 e. The standard InChI is InChI=1S/C8H8ClN5/c1-5-3-7(9)12-8(11-5)6-4-10-13-14(6)2/h3-4H,1-2H3. The van der Waals surface area contributed by atoms with Gasteiger partial charge in [-0.05, 0) is 13.0 Å². The van der Waals surface area contributed by atoms with Crippen LogP contribution in [0.4, 0.5) is 0 Å². The molecule has 72 valence electrons. The van der Waals surface area contributed by atoms with E-state index in [1.165, 1.54) is 0 Å². The molecule has 0 saturated carbocycles. The van der Waals surface area contributed by atoms with Gasteiger partial charge in [-0.1, -0.05) is 16.8 Å². The Morgan fingerprint density at radius 3 is 2.71 bits per heavy atom. The maximum atomic E-state index is 5.82. The normalized spacial score (nSPS) is 10.5. The molecule has 0 N–H and O–H groups in total. The number of aromatic nitrogens is 5. The summed E-state index contributed by atoms with van der Waals surface area (Å²) in [6.45, 7) is 1.86. The van der Waals surface area contributed by atoms with Crippen LogP contribution in [0.25, 0.3) is 11.5 Å². The average Bonchev–Trinajstić information content (AvgIpc) is 2.49. The van der Waals surface area contributed by atoms with E-state index in [4.69, 9.17) is 11.6 Å². The molecule has 2 rings (SSSR count). The van der Waals surface area contributed by atoms with Crippen LogP contribution in [-0.4, -0.2) is 25.0 Å². The Kier molecular flexibility index (Phi) is 2.17. The minimum Gasteiger partial charge on any atom is -0.245 e. The van der Waals surface area contributed by atoms with Crippen LogP contribution in [0.1, 0.15) is 5.69 Å². The van der Waals surface area contributed by atoms with Crippen molar-refractivity contribution in [1.29, 1.82) is 0 Å². The van der Waals surface area contributed by atoms with Crippen LogP contribution in [0.5, 0.6) is 0 Å². The third-order valence-electron chi connectivity index (χ3n) is 1.77. The summed E-state index contributed by atoms with van der Waals surface area (Å²) in [4.78, 5) is 8.33. The lowest BCUT2D eigenvalue weighted by Gasteiger charge is -2.00. The molecule has 0 aliphatic rings. The van der Waals surface area contributed by atoms with E-state index in [-0.39, 0.29) is 0 Å². The molecule has 6 heteroatoms. The molecule has 0 saturated heterocycles. The molecule has 0 atom stereocenters. The summed E-state index contributed by atoms with van der Waals surface area (Å²) in [5.41, 5.74) is 1.57. The molecular weight excluding hydrogens is 202 g/mol. The highest BCUT2D eigenvalue weighted by molar-refractivity contribution is 6.29. The first-order valence-electron chi connectivity index (χ1n) is 4.03. The predicted molar refractivity (Wildman–Crippen MR) is 51.8 cm³/mol. The zero-order valence-electron chi connectivity index (χ0n) is 7.77. The topological polar surface area (TPSA) is 56.5 Å². The first-order valence-corrected chi connectivity index (χ1v) is 4.41. The van der Waals surface area contributed by atoms with Gasteiger partial charge in [0.25, 0.3) is 0 Å². The third kappa shape index (κ3) is 1.58. The van der Waals surface area contributed by atoms with Crippen LogP contribution in [0.2, 0.25) is 5.15 Å². The van der Waals surface area contributed by atoms with Crippen LogP contribution in [-0.2, 0) is 7.05 Å². The molecule has 0 spiro atoms. The van der Waals surface area contributed by atoms with Gasteiger partial charge in [0.2, 0.25) is 0 Å². The van der Waals surface area contributed by atoms with Crippen molar-refractivity contribution in [3.8, 4) is 11.5 Å². The van der Waals surface area contributed by atoms with E-state index in [9.17, 15) is 0 Å². The molecule has 0 aromatic carbocycles. The molecule has 0 amide bonds. The van der Waals surface area contributed by atoms with Gasteiger partial charge in [0.05, 0.1) is 6.20 Å². The summed E-state index contributed by atoms with van der Waals surface area (Å²) in [7, 11) is 1.78. The van der Waals surface area contributed by atoms with Gasteiger partial charge in [-0.25, -0.2) is 14.6 Å². The molecular formula is C8H8ClN5. The maximum absolute atomic E-state index is 5.82. The van der Waals surface area contributed by atoms with Crippen LogP contribution in [0.3, 0.4) is 0 Å². The Bertz CT molecular complexity index is 444. The van der Waals surface area contributed by atoms with Gasteiger partial charge in [-0.2, -0.15) is 0 Å². The van der Waals surface area contributed by atoms with Crippen molar-refractivity contribution < 1.29 is 0 Å². The van der Waals surface area contributed by atoms with Crippen molar-refractivity contribution in [2.24, 2.45) is 7.05 Å². The number of aryl methyl sites for hydroxylation is 2. The Hall–Kier alpha value is -1.49. The largest absolute Gasteiger partial charge is 0.245 e. The summed E-state index contributed by atoms with van der Waals surface area (Å²) in [5.74, 6) is 0.544. The van der Waals surface area contributed by atoms with E-state index in [0.29, 0.717) is 11.0 Å². The minimum atomic E-state index is 0.425. The number of hydrogen-bond acceptors (Lipinski definition) is 4. The molecule has 0 aliphatic heterocycles. The first kappa shape index (κ1) is 9.08. The molecule has 2 heterocycles. The van der Waals surface area contributed by atoms with E-state index >= 15 is 0 Å². The Morgan fingerprint density at radius 1 is 1.36 bits per heavy atom. The first-order chi connectivity index (χ1) is 6.66. The molecule has 0 unspecified atom stereocenters. The second kappa shape index (κ2) is 3.34. The molecule has 2 aromatic heterocycles.